The molecule has 1 saturated heterocycles. The van der Waals surface area contributed by atoms with Gasteiger partial charge in [0, 0.05) is 31.0 Å². The molecule has 3 aromatic carbocycles. The van der Waals surface area contributed by atoms with Gasteiger partial charge in [-0.25, -0.2) is 0 Å². The second kappa shape index (κ2) is 18.2. The van der Waals surface area contributed by atoms with Crippen molar-refractivity contribution in [2.24, 2.45) is 10.4 Å². The lowest BCUT2D eigenvalue weighted by Gasteiger charge is -2.24. The molecule has 0 radical (unpaired) electrons. The first-order valence-electron chi connectivity index (χ1n) is 16.9. The van der Waals surface area contributed by atoms with Gasteiger partial charge in [0.15, 0.2) is 23.0 Å². The van der Waals surface area contributed by atoms with Crippen LogP contribution in [0, 0.1) is 12.3 Å². The van der Waals surface area contributed by atoms with Crippen LogP contribution in [-0.2, 0) is 0 Å². The van der Waals surface area contributed by atoms with Crippen LogP contribution in [0.1, 0.15) is 76.2 Å². The van der Waals surface area contributed by atoms with Gasteiger partial charge in [-0.05, 0) is 61.4 Å². The maximum Gasteiger partial charge on any atom is 0.256 e. The fourth-order valence-electron chi connectivity index (χ4n) is 5.76. The monoisotopic (exact) mass is 678 g/mol. The molecule has 268 valence electrons. The number of hydrogen-bond acceptors (Lipinski definition) is 9. The molecule has 0 bridgehead atoms. The summed E-state index contributed by atoms with van der Waals surface area (Å²) in [5.74, 6) is 5.00. The maximum atomic E-state index is 12.5. The van der Waals surface area contributed by atoms with Crippen LogP contribution in [0.4, 0.5) is 5.69 Å². The average Bonchev–Trinajstić information content (AvgIpc) is 3.55. The van der Waals surface area contributed by atoms with E-state index in [1.54, 1.807) is 59.8 Å². The van der Waals surface area contributed by atoms with Gasteiger partial charge in [0.05, 0.1) is 59.4 Å². The van der Waals surface area contributed by atoms with E-state index in [0.717, 1.165) is 49.3 Å². The van der Waals surface area contributed by atoms with Gasteiger partial charge in [0.2, 0.25) is 5.75 Å². The highest BCUT2D eigenvalue weighted by Crippen LogP contribution is 2.43. The topological polar surface area (TPSA) is 97.3 Å². The van der Waals surface area contributed by atoms with E-state index in [4.69, 9.17) is 33.2 Å². The van der Waals surface area contributed by atoms with Crippen LogP contribution in [0.3, 0.4) is 0 Å². The van der Waals surface area contributed by atoms with Crippen molar-refractivity contribution in [3.63, 3.8) is 0 Å². The third-order valence-electron chi connectivity index (χ3n) is 8.25. The predicted molar refractivity (Wildman–Crippen MR) is 195 cm³/mol. The van der Waals surface area contributed by atoms with E-state index in [0.29, 0.717) is 52.4 Å². The van der Waals surface area contributed by atoms with Crippen molar-refractivity contribution < 1.29 is 38.0 Å². The molecule has 0 saturated carbocycles. The fraction of sp³-hybridized carbons (Fsp3) is 0.487. The summed E-state index contributed by atoms with van der Waals surface area (Å²) in [6.07, 6.45) is 6.16. The lowest BCUT2D eigenvalue weighted by molar-refractivity contribution is 0.0774. The molecule has 2 aliphatic rings. The highest BCUT2D eigenvalue weighted by molar-refractivity contribution is 6.03. The highest BCUT2D eigenvalue weighted by Gasteiger charge is 2.32. The Bertz CT molecular complexity index is 1540. The second-order valence-electron chi connectivity index (χ2n) is 12.3. The molecule has 2 aliphatic heterocycles. The summed E-state index contributed by atoms with van der Waals surface area (Å²) in [6.45, 7) is 14.1. The zero-order chi connectivity index (χ0) is 36.1. The fourth-order valence-corrected chi connectivity index (χ4v) is 5.76. The van der Waals surface area contributed by atoms with Crippen LogP contribution >= 0.6 is 0 Å². The van der Waals surface area contributed by atoms with Gasteiger partial charge in [-0.3, -0.25) is 9.79 Å². The van der Waals surface area contributed by atoms with Crippen LogP contribution in [0.5, 0.6) is 46.0 Å². The summed E-state index contributed by atoms with van der Waals surface area (Å²) in [4.78, 5) is 18.9. The summed E-state index contributed by atoms with van der Waals surface area (Å²) in [5.41, 5.74) is 2.38. The summed E-state index contributed by atoms with van der Waals surface area (Å²) < 4.78 is 38.7. The van der Waals surface area contributed by atoms with Crippen molar-refractivity contribution in [3.8, 4) is 46.0 Å². The van der Waals surface area contributed by atoms with Gasteiger partial charge in [-0.1, -0.05) is 41.0 Å². The number of methoxy groups -OCH3 is 5. The number of aryl methyl sites for hydroxylation is 1. The molecule has 0 aliphatic carbocycles. The van der Waals surface area contributed by atoms with Crippen molar-refractivity contribution in [2.75, 3.05) is 48.7 Å². The molecule has 49 heavy (non-hydrogen) atoms. The van der Waals surface area contributed by atoms with Crippen molar-refractivity contribution in [1.29, 1.82) is 0 Å². The van der Waals surface area contributed by atoms with Crippen molar-refractivity contribution in [2.45, 2.75) is 73.3 Å². The van der Waals surface area contributed by atoms with Gasteiger partial charge in [-0.15, -0.1) is 0 Å². The zero-order valence-electron chi connectivity index (χ0n) is 31.1. The average molecular weight is 679 g/mol. The Labute approximate surface area is 292 Å². The zero-order valence-corrected chi connectivity index (χ0v) is 31.1. The Hall–Kier alpha value is -4.60. The van der Waals surface area contributed by atoms with E-state index in [1.165, 1.54) is 0 Å². The first-order valence-corrected chi connectivity index (χ1v) is 16.9. The van der Waals surface area contributed by atoms with Crippen molar-refractivity contribution in [3.05, 3.63) is 53.6 Å². The third kappa shape index (κ3) is 9.74. The number of aliphatic imine (C=N–C) groups is 1. The standard InChI is InChI=1S/C23H32O5.C14H16N2O3.C2H6/c1-8-11-23(3,4)15-27-17-9-10-19(16(2)12-17)28-18-13-20(24-5)22(26-7)21(14-18)25-6;1-18-12-6-10-11(7-13(12)19-2)15-8-9-4-3-5-16(9)14(10)17;1-2/h9-10,12-14H,8,11,15H2,1-7H3;6-9H,3-5H2,1-2H3;1-2H3. The first-order chi connectivity index (χ1) is 23.6. The summed E-state index contributed by atoms with van der Waals surface area (Å²) in [6, 6.07) is 13.0. The molecule has 0 aromatic heterocycles. The van der Waals surface area contributed by atoms with E-state index in [-0.39, 0.29) is 17.4 Å². The summed E-state index contributed by atoms with van der Waals surface area (Å²) in [5, 5.41) is 0. The molecule has 1 atom stereocenters. The number of benzene rings is 3. The number of amides is 1. The number of nitrogens with zero attached hydrogens (tertiary/aromatic N) is 2. The molecule has 3 aromatic rings. The van der Waals surface area contributed by atoms with Gasteiger partial charge >= 0.3 is 0 Å². The number of carbonyl (C=O) groups is 1. The Morgan fingerprint density at radius 1 is 0.816 bits per heavy atom. The summed E-state index contributed by atoms with van der Waals surface area (Å²) in [7, 11) is 7.88. The Kier molecular flexibility index (Phi) is 14.5. The lowest BCUT2D eigenvalue weighted by Crippen LogP contribution is -2.35. The molecule has 5 rings (SSSR count). The van der Waals surface area contributed by atoms with Gasteiger partial charge in [0.25, 0.3) is 5.91 Å². The second-order valence-corrected chi connectivity index (χ2v) is 12.3. The van der Waals surface area contributed by atoms with E-state index in [2.05, 4.69) is 25.8 Å². The maximum absolute atomic E-state index is 12.5. The molecule has 1 unspecified atom stereocenters. The number of hydrogen-bond donors (Lipinski definition) is 0. The molecule has 1 fully saturated rings. The number of fused-ring (bicyclic) bond motifs is 2. The normalized spacial score (nSPS) is 14.6. The highest BCUT2D eigenvalue weighted by atomic mass is 16.5. The molecular weight excluding hydrogens is 624 g/mol. The van der Waals surface area contributed by atoms with Crippen LogP contribution in [-0.4, -0.2) is 71.8 Å². The van der Waals surface area contributed by atoms with E-state index >= 15 is 0 Å². The molecule has 10 heteroatoms. The molecular formula is C39H54N2O8. The van der Waals surface area contributed by atoms with Gasteiger partial charge in [-0.2, -0.15) is 0 Å². The van der Waals surface area contributed by atoms with Gasteiger partial charge < -0.3 is 38.1 Å². The molecule has 0 N–H and O–H groups in total. The summed E-state index contributed by atoms with van der Waals surface area (Å²) >= 11 is 0. The minimum atomic E-state index is 0.0240. The Morgan fingerprint density at radius 3 is 2.02 bits per heavy atom. The quantitative estimate of drug-likeness (QED) is 0.187. The van der Waals surface area contributed by atoms with Crippen molar-refractivity contribution in [1.82, 2.24) is 4.90 Å². The molecule has 2 heterocycles. The van der Waals surface area contributed by atoms with E-state index in [1.807, 2.05) is 50.1 Å². The van der Waals surface area contributed by atoms with Crippen LogP contribution in [0.25, 0.3) is 0 Å². The number of rotatable bonds is 12. The molecule has 0 spiro atoms. The van der Waals surface area contributed by atoms with E-state index in [9.17, 15) is 4.79 Å². The number of ether oxygens (including phenoxy) is 7. The SMILES string of the molecule is CC.CCCC(C)(C)COc1ccc(Oc2cc(OC)c(OC)c(OC)c2)c(C)c1.COc1cc2c(cc1OC)C(=O)N1CCCC1C=N2. The Morgan fingerprint density at radius 2 is 1.45 bits per heavy atom. The first kappa shape index (κ1) is 38.8. The van der Waals surface area contributed by atoms with Crippen LogP contribution in [0.15, 0.2) is 47.5 Å². The van der Waals surface area contributed by atoms with Gasteiger partial charge in [0.1, 0.15) is 17.2 Å². The van der Waals surface area contributed by atoms with Crippen molar-refractivity contribution >= 4 is 17.8 Å². The smallest absolute Gasteiger partial charge is 0.256 e. The lowest BCUT2D eigenvalue weighted by atomic mass is 9.89. The van der Waals surface area contributed by atoms with Crippen LogP contribution < -0.4 is 33.2 Å². The molecule has 10 nitrogen and oxygen atoms in total. The third-order valence-corrected chi connectivity index (χ3v) is 8.25. The minimum absolute atomic E-state index is 0.0240. The molecule has 1 amide bonds. The Balaban J connectivity index is 0.000000268. The van der Waals surface area contributed by atoms with Crippen LogP contribution in [0.2, 0.25) is 0 Å². The predicted octanol–water partition coefficient (Wildman–Crippen LogP) is 9.07. The number of carbonyl (C=O) groups excluding carboxylic acids is 1. The minimum Gasteiger partial charge on any atom is -0.493 e. The van der Waals surface area contributed by atoms with E-state index < -0.39 is 0 Å². The largest absolute Gasteiger partial charge is 0.493 e.